The van der Waals surface area contributed by atoms with Gasteiger partial charge in [-0.2, -0.15) is 9.98 Å². The van der Waals surface area contributed by atoms with Crippen molar-refractivity contribution in [3.8, 4) is 0 Å². The van der Waals surface area contributed by atoms with Gasteiger partial charge in [-0.1, -0.05) is 24.3 Å². The quantitative estimate of drug-likeness (QED) is 0.798. The Morgan fingerprint density at radius 1 is 0.955 bits per heavy atom. The van der Waals surface area contributed by atoms with E-state index in [0.717, 1.165) is 15.8 Å². The van der Waals surface area contributed by atoms with E-state index in [-0.39, 0.29) is 0 Å². The average molecular weight is 306 g/mol. The molecule has 0 saturated carbocycles. The molecule has 106 valence electrons. The fourth-order valence-electron chi connectivity index (χ4n) is 2.43. The summed E-state index contributed by atoms with van der Waals surface area (Å²) in [5.74, 6) is 0.917. The van der Waals surface area contributed by atoms with Crippen LogP contribution >= 0.6 is 11.8 Å². The van der Waals surface area contributed by atoms with Crippen molar-refractivity contribution in [2.45, 2.75) is 4.90 Å². The van der Waals surface area contributed by atoms with Gasteiger partial charge in [0.05, 0.1) is 6.21 Å². The minimum absolute atomic E-state index is 0.343. The summed E-state index contributed by atoms with van der Waals surface area (Å²) < 4.78 is 0. The molecular weight excluding hydrogens is 296 g/mol. The number of aliphatic imine (C=N–C) groups is 4. The van der Waals surface area contributed by atoms with Crippen LogP contribution in [0.1, 0.15) is 5.56 Å². The molecule has 2 heterocycles. The Balaban J connectivity index is 1.90. The van der Waals surface area contributed by atoms with Gasteiger partial charge in [0.25, 0.3) is 0 Å². The number of hydrogen-bond donors (Lipinski definition) is 0. The van der Waals surface area contributed by atoms with Crippen molar-refractivity contribution < 1.29 is 4.79 Å². The normalized spacial score (nSPS) is 16.4. The van der Waals surface area contributed by atoms with Crippen molar-refractivity contribution in [3.63, 3.8) is 0 Å². The Morgan fingerprint density at radius 3 is 2.50 bits per heavy atom. The van der Waals surface area contributed by atoms with Gasteiger partial charge in [0.2, 0.25) is 0 Å². The van der Waals surface area contributed by atoms with Crippen molar-refractivity contribution in [3.05, 3.63) is 42.0 Å². The maximum atomic E-state index is 11.2. The van der Waals surface area contributed by atoms with E-state index in [1.54, 1.807) is 11.8 Å². The highest BCUT2D eigenvalue weighted by molar-refractivity contribution is 7.98. The summed E-state index contributed by atoms with van der Waals surface area (Å²) in [5, 5.41) is 2.30. The number of urea groups is 1. The zero-order valence-corrected chi connectivity index (χ0v) is 12.5. The predicted molar refractivity (Wildman–Crippen MR) is 91.0 cm³/mol. The largest absolute Gasteiger partial charge is 0.369 e. The number of amides is 2. The topological polar surface area (TPSA) is 66.5 Å². The fourth-order valence-corrected chi connectivity index (χ4v) is 3.05. The number of benzene rings is 2. The van der Waals surface area contributed by atoms with Crippen LogP contribution in [0.15, 0.2) is 61.3 Å². The molecule has 0 radical (unpaired) electrons. The third-order valence-corrected chi connectivity index (χ3v) is 4.25. The zero-order chi connectivity index (χ0) is 15.1. The van der Waals surface area contributed by atoms with Crippen molar-refractivity contribution in [1.82, 2.24) is 0 Å². The van der Waals surface area contributed by atoms with Crippen molar-refractivity contribution >= 4 is 52.2 Å². The molecule has 0 bridgehead atoms. The number of rotatable bonds is 2. The summed E-state index contributed by atoms with van der Waals surface area (Å²) in [6.07, 6.45) is 3.44. The van der Waals surface area contributed by atoms with Gasteiger partial charge in [-0.25, -0.2) is 14.8 Å². The van der Waals surface area contributed by atoms with Crippen molar-refractivity contribution in [1.29, 1.82) is 0 Å². The minimum atomic E-state index is -0.539. The van der Waals surface area contributed by atoms with E-state index in [2.05, 4.69) is 44.2 Å². The van der Waals surface area contributed by atoms with Crippen LogP contribution in [0, 0.1) is 0 Å². The SMILES string of the molecule is CSc1cc2ccccc2cc1C1=NC2=NC(=O)N=CC2=N1. The Hall–Kier alpha value is -2.60. The first kappa shape index (κ1) is 13.1. The maximum Gasteiger partial charge on any atom is 0.369 e. The van der Waals surface area contributed by atoms with Gasteiger partial charge in [0.15, 0.2) is 11.7 Å². The second kappa shape index (κ2) is 4.99. The first-order valence-electron chi connectivity index (χ1n) is 6.66. The van der Waals surface area contributed by atoms with Crippen LogP contribution in [0.3, 0.4) is 0 Å². The number of hydrogen-bond acceptors (Lipinski definition) is 4. The van der Waals surface area contributed by atoms with Gasteiger partial charge >= 0.3 is 6.03 Å². The van der Waals surface area contributed by atoms with E-state index in [0.29, 0.717) is 17.4 Å². The van der Waals surface area contributed by atoms with Crippen LogP contribution in [0.2, 0.25) is 0 Å². The van der Waals surface area contributed by atoms with Crippen LogP contribution in [0.25, 0.3) is 10.8 Å². The smallest absolute Gasteiger partial charge is 0.244 e. The van der Waals surface area contributed by atoms with Gasteiger partial charge in [-0.3, -0.25) is 0 Å². The Kier molecular flexibility index (Phi) is 2.97. The van der Waals surface area contributed by atoms with Crippen LogP contribution < -0.4 is 0 Å². The van der Waals surface area contributed by atoms with Gasteiger partial charge in [0.1, 0.15) is 5.71 Å². The number of thioether (sulfide) groups is 1. The summed E-state index contributed by atoms with van der Waals surface area (Å²) in [6, 6.07) is 11.8. The standard InChI is InChI=1S/C16H10N4OS/c1-22-13-7-10-5-3-2-4-9(10)6-11(13)14-18-12-8-17-16(21)20-15(12)19-14/h2-8H,1H3. The first-order chi connectivity index (χ1) is 10.7. The van der Waals surface area contributed by atoms with E-state index in [4.69, 9.17) is 0 Å². The zero-order valence-electron chi connectivity index (χ0n) is 11.6. The summed E-state index contributed by atoms with van der Waals surface area (Å²) in [6.45, 7) is 0. The summed E-state index contributed by atoms with van der Waals surface area (Å²) in [5.41, 5.74) is 1.48. The van der Waals surface area contributed by atoms with Crippen molar-refractivity contribution in [2.24, 2.45) is 20.0 Å². The highest BCUT2D eigenvalue weighted by Crippen LogP contribution is 2.28. The Morgan fingerprint density at radius 2 is 1.73 bits per heavy atom. The maximum absolute atomic E-state index is 11.2. The van der Waals surface area contributed by atoms with E-state index in [9.17, 15) is 4.79 Å². The molecule has 2 aromatic rings. The number of amidine groups is 2. The first-order valence-corrected chi connectivity index (χ1v) is 7.89. The molecule has 6 heteroatoms. The lowest BCUT2D eigenvalue weighted by atomic mass is 10.1. The van der Waals surface area contributed by atoms with E-state index in [1.165, 1.54) is 11.6 Å². The number of carbonyl (C=O) groups excluding carboxylic acids is 1. The average Bonchev–Trinajstić information content (AvgIpc) is 2.96. The fraction of sp³-hybridized carbons (Fsp3) is 0.0625. The lowest BCUT2D eigenvalue weighted by molar-refractivity contribution is 0.257. The van der Waals surface area contributed by atoms with Crippen LogP contribution in [-0.4, -0.2) is 35.9 Å². The highest BCUT2D eigenvalue weighted by atomic mass is 32.2. The molecule has 22 heavy (non-hydrogen) atoms. The summed E-state index contributed by atoms with van der Waals surface area (Å²) in [7, 11) is 0. The van der Waals surface area contributed by atoms with E-state index in [1.807, 2.05) is 18.4 Å². The van der Waals surface area contributed by atoms with Crippen LogP contribution in [0.4, 0.5) is 4.79 Å². The molecule has 0 aromatic heterocycles. The van der Waals surface area contributed by atoms with Gasteiger partial charge < -0.3 is 0 Å². The Bertz CT molecular complexity index is 940. The molecule has 0 fully saturated rings. The minimum Gasteiger partial charge on any atom is -0.244 e. The molecule has 2 aromatic carbocycles. The van der Waals surface area contributed by atoms with Gasteiger partial charge in [-0.05, 0) is 29.2 Å². The molecule has 0 spiro atoms. The monoisotopic (exact) mass is 306 g/mol. The number of fused-ring (bicyclic) bond motifs is 2. The second-order valence-corrected chi connectivity index (χ2v) is 5.66. The summed E-state index contributed by atoms with van der Waals surface area (Å²) >= 11 is 1.64. The summed E-state index contributed by atoms with van der Waals surface area (Å²) in [4.78, 5) is 28.6. The molecular formula is C16H10N4OS. The molecule has 2 aliphatic rings. The Labute approximate surface area is 130 Å². The highest BCUT2D eigenvalue weighted by Gasteiger charge is 2.23. The molecule has 0 unspecified atom stereocenters. The third kappa shape index (κ3) is 2.08. The lowest BCUT2D eigenvalue weighted by Gasteiger charge is -2.07. The molecule has 4 rings (SSSR count). The second-order valence-electron chi connectivity index (χ2n) is 4.81. The number of nitrogens with zero attached hydrogens (tertiary/aromatic N) is 4. The van der Waals surface area contributed by atoms with E-state index < -0.39 is 6.03 Å². The predicted octanol–water partition coefficient (Wildman–Crippen LogP) is 3.37. The molecule has 0 atom stereocenters. The van der Waals surface area contributed by atoms with Gasteiger partial charge in [-0.15, -0.1) is 11.8 Å². The third-order valence-electron chi connectivity index (χ3n) is 3.47. The van der Waals surface area contributed by atoms with Crippen LogP contribution in [-0.2, 0) is 0 Å². The van der Waals surface area contributed by atoms with Crippen molar-refractivity contribution in [2.75, 3.05) is 6.26 Å². The molecule has 0 saturated heterocycles. The van der Waals surface area contributed by atoms with Crippen LogP contribution in [0.5, 0.6) is 0 Å². The molecule has 5 nitrogen and oxygen atoms in total. The molecule has 2 amide bonds. The molecule has 2 aliphatic heterocycles. The lowest BCUT2D eigenvalue weighted by Crippen LogP contribution is -2.16. The molecule has 0 N–H and O–H groups in total. The number of carbonyl (C=O) groups is 1. The molecule has 0 aliphatic carbocycles. The van der Waals surface area contributed by atoms with E-state index >= 15 is 0 Å². The van der Waals surface area contributed by atoms with Gasteiger partial charge in [0, 0.05) is 10.5 Å².